The van der Waals surface area contributed by atoms with Crippen LogP contribution < -0.4 is 14.8 Å². The SMILES string of the molecule is CCCCCCCCCCCCCC[P+](CCCCCC)(CCCCCC)CCCCCC.COc1ccccc1OCC1CNC(=O)O1. The molecule has 0 radical (unpaired) electrons. The zero-order valence-electron chi connectivity index (χ0n) is 33.2. The van der Waals surface area contributed by atoms with E-state index in [1.54, 1.807) is 57.4 Å². The number of unbranched alkanes of at least 4 members (excludes halogenated alkanes) is 20. The summed E-state index contributed by atoms with van der Waals surface area (Å²) >= 11 is 0. The fraction of sp³-hybridized carbons (Fsp3) is 0.837. The van der Waals surface area contributed by atoms with E-state index in [-0.39, 0.29) is 6.10 Å². The number of amides is 1. The van der Waals surface area contributed by atoms with Crippen LogP contribution in [0.4, 0.5) is 4.79 Å². The number of ether oxygens (including phenoxy) is 3. The highest BCUT2D eigenvalue weighted by Crippen LogP contribution is 2.61. The van der Waals surface area contributed by atoms with Crippen molar-refractivity contribution < 1.29 is 19.0 Å². The van der Waals surface area contributed by atoms with Crippen LogP contribution in [0.15, 0.2) is 24.3 Å². The third-order valence-corrected chi connectivity index (χ3v) is 15.2. The number of hydrogen-bond acceptors (Lipinski definition) is 4. The number of benzene rings is 1. The number of hydrogen-bond donors (Lipinski definition) is 1. The minimum Gasteiger partial charge on any atom is -0.493 e. The van der Waals surface area contributed by atoms with E-state index >= 15 is 0 Å². The molecule has 0 spiro atoms. The molecule has 286 valence electrons. The average Bonchev–Trinajstić information content (AvgIpc) is 3.55. The lowest BCUT2D eigenvalue weighted by atomic mass is 10.1. The van der Waals surface area contributed by atoms with Gasteiger partial charge in [-0.1, -0.05) is 143 Å². The van der Waals surface area contributed by atoms with E-state index in [9.17, 15) is 4.79 Å². The second-order valence-corrected chi connectivity index (χ2v) is 19.1. The third-order valence-electron chi connectivity index (χ3n) is 10.2. The summed E-state index contributed by atoms with van der Waals surface area (Å²) in [4.78, 5) is 10.8. The van der Waals surface area contributed by atoms with E-state index in [0.717, 1.165) is 0 Å². The number of alkyl carbamates (subject to hydrolysis) is 1. The zero-order chi connectivity index (χ0) is 35.7. The van der Waals surface area contributed by atoms with E-state index in [2.05, 4.69) is 33.0 Å². The molecule has 1 amide bonds. The molecule has 1 atom stereocenters. The molecule has 0 saturated carbocycles. The third kappa shape index (κ3) is 24.4. The summed E-state index contributed by atoms with van der Waals surface area (Å²) in [5.74, 6) is 1.31. The number of para-hydroxylation sites is 2. The Hall–Kier alpha value is -1.48. The van der Waals surface area contributed by atoms with Gasteiger partial charge in [-0.25, -0.2) is 4.79 Å². The molecule has 0 aliphatic carbocycles. The zero-order valence-corrected chi connectivity index (χ0v) is 34.1. The second-order valence-electron chi connectivity index (χ2n) is 14.7. The van der Waals surface area contributed by atoms with Crippen molar-refractivity contribution in [3.63, 3.8) is 0 Å². The maximum absolute atomic E-state index is 10.8. The molecule has 1 heterocycles. The molecule has 1 N–H and O–H groups in total. The molecule has 0 bridgehead atoms. The molecule has 0 aromatic heterocycles. The maximum atomic E-state index is 10.8. The quantitative estimate of drug-likeness (QED) is 0.0598. The van der Waals surface area contributed by atoms with Crippen molar-refractivity contribution >= 4 is 13.4 Å². The van der Waals surface area contributed by atoms with E-state index in [0.29, 0.717) is 24.7 Å². The van der Waals surface area contributed by atoms with Crippen molar-refractivity contribution in [1.82, 2.24) is 5.32 Å². The summed E-state index contributed by atoms with van der Waals surface area (Å²) in [6, 6.07) is 7.34. The highest BCUT2D eigenvalue weighted by atomic mass is 31.2. The Kier molecular flexibility index (Phi) is 30.1. The molecular formula is C43H81NO4P+. The number of carbonyl (C=O) groups is 1. The molecular weight excluding hydrogens is 625 g/mol. The molecule has 1 saturated heterocycles. The van der Waals surface area contributed by atoms with Crippen molar-refractivity contribution in [3.8, 4) is 11.5 Å². The van der Waals surface area contributed by atoms with Gasteiger partial charge in [-0.3, -0.25) is 0 Å². The van der Waals surface area contributed by atoms with E-state index < -0.39 is 13.4 Å². The van der Waals surface area contributed by atoms with Crippen LogP contribution in [0.5, 0.6) is 11.5 Å². The Labute approximate surface area is 305 Å². The smallest absolute Gasteiger partial charge is 0.407 e. The average molecular weight is 707 g/mol. The standard InChI is InChI=1S/C32H68P.C11H13NO4/c1-5-9-13-17-18-19-20-21-22-23-24-28-32-33(29-25-14-10-6-2,30-26-15-11-7-3)31-27-16-12-8-4;1-14-9-4-2-3-5-10(9)15-7-8-6-12-11(13)16-8/h5-32H2,1-4H3;2-5,8H,6-7H2,1H3,(H,12,13)/q+1;. The van der Waals surface area contributed by atoms with Gasteiger partial charge in [0.1, 0.15) is 6.61 Å². The van der Waals surface area contributed by atoms with Crippen LogP contribution in [-0.4, -0.2) is 57.1 Å². The van der Waals surface area contributed by atoms with Crippen molar-refractivity contribution in [2.75, 3.05) is 44.9 Å². The highest BCUT2D eigenvalue weighted by Gasteiger charge is 2.35. The van der Waals surface area contributed by atoms with Gasteiger partial charge in [0.25, 0.3) is 0 Å². The Balaban J connectivity index is 0.000000616. The molecule has 1 fully saturated rings. The first-order valence-electron chi connectivity index (χ1n) is 21.1. The summed E-state index contributed by atoms with van der Waals surface area (Å²) in [7, 11) is 0.886. The predicted molar refractivity (Wildman–Crippen MR) is 217 cm³/mol. The predicted octanol–water partition coefficient (Wildman–Crippen LogP) is 13.6. The van der Waals surface area contributed by atoms with Gasteiger partial charge in [0.05, 0.1) is 38.3 Å². The Bertz CT molecular complexity index is 850. The van der Waals surface area contributed by atoms with Gasteiger partial charge in [-0.2, -0.15) is 0 Å². The van der Waals surface area contributed by atoms with Crippen LogP contribution in [0.1, 0.15) is 182 Å². The van der Waals surface area contributed by atoms with Crippen LogP contribution in [0.3, 0.4) is 0 Å². The Morgan fingerprint density at radius 3 is 1.33 bits per heavy atom. The monoisotopic (exact) mass is 707 g/mol. The summed E-state index contributed by atoms with van der Waals surface area (Å²) in [6.07, 6.45) is 41.5. The lowest BCUT2D eigenvalue weighted by Gasteiger charge is -2.28. The lowest BCUT2D eigenvalue weighted by Crippen LogP contribution is -2.22. The van der Waals surface area contributed by atoms with Gasteiger partial charge >= 0.3 is 6.09 Å². The van der Waals surface area contributed by atoms with Gasteiger partial charge in [0.15, 0.2) is 17.6 Å². The van der Waals surface area contributed by atoms with E-state index in [4.69, 9.17) is 14.2 Å². The van der Waals surface area contributed by atoms with Crippen LogP contribution in [-0.2, 0) is 4.74 Å². The number of nitrogens with one attached hydrogen (secondary N) is 1. The molecule has 1 aliphatic rings. The number of carbonyl (C=O) groups excluding carboxylic acids is 1. The van der Waals surface area contributed by atoms with E-state index in [1.165, 1.54) is 128 Å². The summed E-state index contributed by atoms with van der Waals surface area (Å²) in [5.41, 5.74) is 0. The summed E-state index contributed by atoms with van der Waals surface area (Å²) in [5, 5.41) is 2.56. The van der Waals surface area contributed by atoms with Crippen molar-refractivity contribution in [2.45, 2.75) is 188 Å². The first-order chi connectivity index (χ1) is 24.0. The van der Waals surface area contributed by atoms with Crippen LogP contribution in [0.2, 0.25) is 0 Å². The Morgan fingerprint density at radius 1 is 0.592 bits per heavy atom. The van der Waals surface area contributed by atoms with Gasteiger partial charge in [0.2, 0.25) is 0 Å². The van der Waals surface area contributed by atoms with Crippen molar-refractivity contribution in [3.05, 3.63) is 24.3 Å². The minimum atomic E-state index is -0.697. The van der Waals surface area contributed by atoms with Crippen molar-refractivity contribution in [1.29, 1.82) is 0 Å². The summed E-state index contributed by atoms with van der Waals surface area (Å²) in [6.45, 7) is 10.2. The van der Waals surface area contributed by atoms with Gasteiger partial charge < -0.3 is 19.5 Å². The minimum absolute atomic E-state index is 0.239. The highest BCUT2D eigenvalue weighted by molar-refractivity contribution is 7.75. The van der Waals surface area contributed by atoms with Crippen LogP contribution in [0.25, 0.3) is 0 Å². The van der Waals surface area contributed by atoms with Gasteiger partial charge in [0, 0.05) is 7.26 Å². The normalized spacial score (nSPS) is 14.2. The largest absolute Gasteiger partial charge is 0.493 e. The molecule has 1 aromatic carbocycles. The lowest BCUT2D eigenvalue weighted by molar-refractivity contribution is 0.103. The molecule has 2 rings (SSSR count). The maximum Gasteiger partial charge on any atom is 0.407 e. The first kappa shape index (κ1) is 45.5. The molecule has 5 nitrogen and oxygen atoms in total. The fourth-order valence-electron chi connectivity index (χ4n) is 7.03. The van der Waals surface area contributed by atoms with Crippen LogP contribution in [0, 0.1) is 0 Å². The molecule has 1 aromatic rings. The van der Waals surface area contributed by atoms with Crippen molar-refractivity contribution in [2.24, 2.45) is 0 Å². The van der Waals surface area contributed by atoms with Crippen LogP contribution >= 0.6 is 7.26 Å². The number of methoxy groups -OCH3 is 1. The number of rotatable bonds is 32. The number of cyclic esters (lactones) is 1. The topological polar surface area (TPSA) is 56.8 Å². The molecule has 1 aliphatic heterocycles. The summed E-state index contributed by atoms with van der Waals surface area (Å²) < 4.78 is 15.6. The second kappa shape index (κ2) is 32.4. The van der Waals surface area contributed by atoms with E-state index in [1.807, 2.05) is 24.3 Å². The fourth-order valence-corrected chi connectivity index (χ4v) is 11.9. The Morgan fingerprint density at radius 2 is 0.959 bits per heavy atom. The van der Waals surface area contributed by atoms with Gasteiger partial charge in [-0.15, -0.1) is 0 Å². The molecule has 6 heteroatoms. The molecule has 49 heavy (non-hydrogen) atoms. The van der Waals surface area contributed by atoms with Gasteiger partial charge in [-0.05, 0) is 63.5 Å². The molecule has 1 unspecified atom stereocenters. The first-order valence-corrected chi connectivity index (χ1v) is 23.6.